The number of carbonyl (C=O) groups excluding carboxylic acids is 1. The Bertz CT molecular complexity index is 473. The highest BCUT2D eigenvalue weighted by atomic mass is 35.5. The molecule has 0 heterocycles. The van der Waals surface area contributed by atoms with E-state index in [0.29, 0.717) is 17.3 Å². The van der Waals surface area contributed by atoms with E-state index in [1.807, 2.05) is 19.1 Å². The van der Waals surface area contributed by atoms with Crippen molar-refractivity contribution < 1.29 is 9.90 Å². The van der Waals surface area contributed by atoms with Gasteiger partial charge in [0.15, 0.2) is 0 Å². The fourth-order valence-electron chi connectivity index (χ4n) is 2.66. The Morgan fingerprint density at radius 3 is 2.85 bits per heavy atom. The van der Waals surface area contributed by atoms with Crippen LogP contribution in [-0.4, -0.2) is 35.7 Å². The van der Waals surface area contributed by atoms with Gasteiger partial charge in [-0.2, -0.15) is 0 Å². The smallest absolute Gasteiger partial charge is 0.321 e. The molecule has 5 heteroatoms. The van der Waals surface area contributed by atoms with Crippen molar-refractivity contribution in [2.75, 3.05) is 18.9 Å². The number of carbonyl (C=O) groups is 1. The Morgan fingerprint density at radius 1 is 1.50 bits per heavy atom. The molecule has 1 aromatic rings. The van der Waals surface area contributed by atoms with E-state index >= 15 is 0 Å². The largest absolute Gasteiger partial charge is 0.393 e. The Morgan fingerprint density at radius 2 is 2.25 bits per heavy atom. The summed E-state index contributed by atoms with van der Waals surface area (Å²) >= 11 is 6.10. The number of halogens is 1. The molecule has 0 bridgehead atoms. The molecule has 1 aliphatic rings. The number of nitrogens with zero attached hydrogens (tertiary/aromatic N) is 1. The predicted molar refractivity (Wildman–Crippen MR) is 81.2 cm³/mol. The molecule has 1 saturated carbocycles. The zero-order valence-corrected chi connectivity index (χ0v) is 12.7. The van der Waals surface area contributed by atoms with Crippen molar-refractivity contribution in [3.05, 3.63) is 28.8 Å². The maximum absolute atomic E-state index is 12.2. The van der Waals surface area contributed by atoms with E-state index in [9.17, 15) is 9.90 Å². The molecule has 0 saturated heterocycles. The molecule has 1 fully saturated rings. The number of nitrogens with one attached hydrogen (secondary N) is 1. The molecular formula is C15H21ClN2O2. The normalized spacial score (nSPS) is 21.8. The highest BCUT2D eigenvalue weighted by Crippen LogP contribution is 2.27. The molecule has 0 spiro atoms. The monoisotopic (exact) mass is 296 g/mol. The van der Waals surface area contributed by atoms with E-state index in [-0.39, 0.29) is 18.1 Å². The fraction of sp³-hybridized carbons (Fsp3) is 0.533. The van der Waals surface area contributed by atoms with Gasteiger partial charge in [-0.3, -0.25) is 0 Å². The van der Waals surface area contributed by atoms with Crippen molar-refractivity contribution in [3.8, 4) is 0 Å². The number of hydrogen-bond donors (Lipinski definition) is 2. The van der Waals surface area contributed by atoms with Crippen LogP contribution in [0.1, 0.15) is 24.8 Å². The molecule has 1 aromatic carbocycles. The number of aryl methyl sites for hydroxylation is 1. The first-order valence-electron chi connectivity index (χ1n) is 6.94. The summed E-state index contributed by atoms with van der Waals surface area (Å²) < 4.78 is 0. The number of aliphatic hydroxyl groups is 1. The molecule has 2 atom stereocenters. The molecule has 2 N–H and O–H groups in total. The van der Waals surface area contributed by atoms with Crippen LogP contribution >= 0.6 is 11.6 Å². The van der Waals surface area contributed by atoms with Gasteiger partial charge in [-0.1, -0.05) is 30.2 Å². The molecule has 2 amide bonds. The third kappa shape index (κ3) is 3.44. The summed E-state index contributed by atoms with van der Waals surface area (Å²) in [7, 11) is 1.74. The number of anilines is 1. The van der Waals surface area contributed by atoms with Gasteiger partial charge in [-0.25, -0.2) is 4.79 Å². The van der Waals surface area contributed by atoms with Crippen LogP contribution in [0.25, 0.3) is 0 Å². The van der Waals surface area contributed by atoms with E-state index in [1.165, 1.54) is 0 Å². The zero-order chi connectivity index (χ0) is 14.7. The van der Waals surface area contributed by atoms with Gasteiger partial charge in [0.2, 0.25) is 0 Å². The quantitative estimate of drug-likeness (QED) is 0.899. The van der Waals surface area contributed by atoms with Crippen LogP contribution in [0.4, 0.5) is 10.5 Å². The number of amides is 2. The van der Waals surface area contributed by atoms with Crippen LogP contribution in [0.3, 0.4) is 0 Å². The van der Waals surface area contributed by atoms with Crippen LogP contribution < -0.4 is 5.32 Å². The molecule has 0 unspecified atom stereocenters. The predicted octanol–water partition coefficient (Wildman–Crippen LogP) is 3.27. The molecule has 20 heavy (non-hydrogen) atoms. The number of rotatable bonds is 3. The zero-order valence-electron chi connectivity index (χ0n) is 11.9. The van der Waals surface area contributed by atoms with Crippen molar-refractivity contribution in [2.24, 2.45) is 5.92 Å². The second kappa shape index (κ2) is 6.46. The van der Waals surface area contributed by atoms with Gasteiger partial charge in [0, 0.05) is 19.5 Å². The molecule has 0 aliphatic heterocycles. The van der Waals surface area contributed by atoms with Crippen molar-refractivity contribution in [3.63, 3.8) is 0 Å². The molecule has 110 valence electrons. The Labute approximate surface area is 124 Å². The lowest BCUT2D eigenvalue weighted by atomic mass is 10.1. The Hall–Kier alpha value is -1.26. The molecule has 2 rings (SSSR count). The highest BCUT2D eigenvalue weighted by Gasteiger charge is 2.27. The Kier molecular flexibility index (Phi) is 4.89. The van der Waals surface area contributed by atoms with Gasteiger partial charge in [0.25, 0.3) is 0 Å². The number of para-hydroxylation sites is 1. The van der Waals surface area contributed by atoms with E-state index in [1.54, 1.807) is 18.0 Å². The minimum absolute atomic E-state index is 0.179. The SMILES string of the molecule is Cc1cccc(Cl)c1NC(=O)N(C)C[C@@H]1CCC[C@@H]1O. The van der Waals surface area contributed by atoms with Crippen LogP contribution in [0.15, 0.2) is 18.2 Å². The van der Waals surface area contributed by atoms with E-state index in [4.69, 9.17) is 11.6 Å². The van der Waals surface area contributed by atoms with Crippen molar-refractivity contribution in [2.45, 2.75) is 32.3 Å². The van der Waals surface area contributed by atoms with Crippen LogP contribution in [0.5, 0.6) is 0 Å². The third-order valence-electron chi connectivity index (χ3n) is 3.93. The van der Waals surface area contributed by atoms with Crippen LogP contribution in [0, 0.1) is 12.8 Å². The maximum atomic E-state index is 12.2. The maximum Gasteiger partial charge on any atom is 0.321 e. The summed E-state index contributed by atoms with van der Waals surface area (Å²) in [5, 5.41) is 13.2. The minimum atomic E-state index is -0.285. The first-order valence-corrected chi connectivity index (χ1v) is 7.32. The lowest BCUT2D eigenvalue weighted by molar-refractivity contribution is 0.116. The molecular weight excluding hydrogens is 276 g/mol. The lowest BCUT2D eigenvalue weighted by Gasteiger charge is -2.24. The summed E-state index contributed by atoms with van der Waals surface area (Å²) in [6.45, 7) is 2.47. The van der Waals surface area contributed by atoms with E-state index in [2.05, 4.69) is 5.32 Å². The summed E-state index contributed by atoms with van der Waals surface area (Å²) in [6, 6.07) is 5.32. The van der Waals surface area contributed by atoms with Gasteiger partial charge in [-0.15, -0.1) is 0 Å². The standard InChI is InChI=1S/C15H21ClN2O2/c1-10-5-3-7-12(16)14(10)17-15(20)18(2)9-11-6-4-8-13(11)19/h3,5,7,11,13,19H,4,6,8-9H2,1-2H3,(H,17,20)/t11-,13-/m0/s1. The molecule has 0 aromatic heterocycles. The number of hydrogen-bond acceptors (Lipinski definition) is 2. The van der Waals surface area contributed by atoms with Gasteiger partial charge >= 0.3 is 6.03 Å². The second-order valence-electron chi connectivity index (χ2n) is 5.50. The summed E-state index contributed by atoms with van der Waals surface area (Å²) in [5.74, 6) is 0.179. The van der Waals surface area contributed by atoms with Crippen LogP contribution in [0.2, 0.25) is 5.02 Å². The number of aliphatic hydroxyl groups excluding tert-OH is 1. The van der Waals surface area contributed by atoms with Crippen molar-refractivity contribution in [1.82, 2.24) is 4.90 Å². The van der Waals surface area contributed by atoms with Gasteiger partial charge in [0.1, 0.15) is 0 Å². The van der Waals surface area contributed by atoms with Crippen LogP contribution in [-0.2, 0) is 0 Å². The van der Waals surface area contributed by atoms with Crippen molar-refractivity contribution >= 4 is 23.3 Å². The van der Waals surface area contributed by atoms with Gasteiger partial charge < -0.3 is 15.3 Å². The summed E-state index contributed by atoms with van der Waals surface area (Å²) in [6.07, 6.45) is 2.56. The molecule has 4 nitrogen and oxygen atoms in total. The Balaban J connectivity index is 1.97. The summed E-state index contributed by atoms with van der Waals surface area (Å²) in [5.41, 5.74) is 1.58. The average molecular weight is 297 g/mol. The molecule has 1 aliphatic carbocycles. The average Bonchev–Trinajstić information content (AvgIpc) is 2.79. The highest BCUT2D eigenvalue weighted by molar-refractivity contribution is 6.33. The first kappa shape index (κ1) is 15.1. The second-order valence-corrected chi connectivity index (χ2v) is 5.91. The van der Waals surface area contributed by atoms with Gasteiger partial charge in [-0.05, 0) is 31.4 Å². The van der Waals surface area contributed by atoms with E-state index < -0.39 is 0 Å². The van der Waals surface area contributed by atoms with E-state index in [0.717, 1.165) is 24.8 Å². The number of benzene rings is 1. The first-order chi connectivity index (χ1) is 9.49. The topological polar surface area (TPSA) is 52.6 Å². The minimum Gasteiger partial charge on any atom is -0.393 e. The van der Waals surface area contributed by atoms with Crippen molar-refractivity contribution in [1.29, 1.82) is 0 Å². The fourth-order valence-corrected chi connectivity index (χ4v) is 2.93. The van der Waals surface area contributed by atoms with Gasteiger partial charge in [0.05, 0.1) is 16.8 Å². The number of urea groups is 1. The molecule has 0 radical (unpaired) electrons. The third-order valence-corrected chi connectivity index (χ3v) is 4.24. The summed E-state index contributed by atoms with van der Waals surface area (Å²) in [4.78, 5) is 13.8. The lowest BCUT2D eigenvalue weighted by Crippen LogP contribution is -2.37.